The highest BCUT2D eigenvalue weighted by molar-refractivity contribution is 9.10. The standard InChI is InChI=1S/C14H12BrN3O/c1-19-12-4-2-10(3-5-12)8-18-9-11-6-16-7-13(15)14(11)17-18/h2-7,9H,8H2,1H3. The molecule has 4 nitrogen and oxygen atoms in total. The number of fused-ring (bicyclic) bond motifs is 1. The van der Waals surface area contributed by atoms with Crippen molar-refractivity contribution >= 4 is 26.8 Å². The third-order valence-electron chi connectivity index (χ3n) is 2.92. The summed E-state index contributed by atoms with van der Waals surface area (Å²) in [6.07, 6.45) is 5.57. The Kier molecular flexibility index (Phi) is 3.21. The molecule has 2 heterocycles. The van der Waals surface area contributed by atoms with Gasteiger partial charge in [-0.3, -0.25) is 9.67 Å². The van der Waals surface area contributed by atoms with Crippen molar-refractivity contribution in [3.8, 4) is 5.75 Å². The third-order valence-corrected chi connectivity index (χ3v) is 3.50. The van der Waals surface area contributed by atoms with E-state index in [1.807, 2.05) is 41.3 Å². The molecule has 0 radical (unpaired) electrons. The van der Waals surface area contributed by atoms with E-state index in [-0.39, 0.29) is 0 Å². The molecule has 3 aromatic rings. The summed E-state index contributed by atoms with van der Waals surface area (Å²) in [5.41, 5.74) is 2.11. The summed E-state index contributed by atoms with van der Waals surface area (Å²) in [4.78, 5) is 4.14. The van der Waals surface area contributed by atoms with Crippen molar-refractivity contribution in [2.75, 3.05) is 7.11 Å². The molecule has 0 N–H and O–H groups in total. The molecule has 0 aliphatic rings. The zero-order valence-corrected chi connectivity index (χ0v) is 12.0. The van der Waals surface area contributed by atoms with E-state index in [0.29, 0.717) is 0 Å². The van der Waals surface area contributed by atoms with E-state index in [1.54, 1.807) is 13.3 Å². The van der Waals surface area contributed by atoms with E-state index in [9.17, 15) is 0 Å². The van der Waals surface area contributed by atoms with Gasteiger partial charge in [0.25, 0.3) is 0 Å². The Morgan fingerprint density at radius 2 is 2.00 bits per heavy atom. The van der Waals surface area contributed by atoms with Crippen LogP contribution in [0.25, 0.3) is 10.9 Å². The van der Waals surface area contributed by atoms with Gasteiger partial charge in [0.05, 0.1) is 18.1 Å². The van der Waals surface area contributed by atoms with Crippen molar-refractivity contribution < 1.29 is 4.74 Å². The molecule has 96 valence electrons. The quantitative estimate of drug-likeness (QED) is 0.744. The fourth-order valence-corrected chi connectivity index (χ4v) is 2.39. The lowest BCUT2D eigenvalue weighted by atomic mass is 10.2. The van der Waals surface area contributed by atoms with E-state index in [0.717, 1.165) is 27.7 Å². The van der Waals surface area contributed by atoms with E-state index in [1.165, 1.54) is 5.56 Å². The summed E-state index contributed by atoms with van der Waals surface area (Å²) in [6, 6.07) is 7.99. The van der Waals surface area contributed by atoms with Gasteiger partial charge in [-0.05, 0) is 33.6 Å². The predicted octanol–water partition coefficient (Wildman–Crippen LogP) is 3.25. The van der Waals surface area contributed by atoms with Gasteiger partial charge in [0.2, 0.25) is 0 Å². The molecule has 0 atom stereocenters. The minimum absolute atomic E-state index is 0.727. The first-order chi connectivity index (χ1) is 9.26. The first kappa shape index (κ1) is 12.2. The topological polar surface area (TPSA) is 39.9 Å². The van der Waals surface area contributed by atoms with Crippen molar-refractivity contribution in [1.29, 1.82) is 0 Å². The SMILES string of the molecule is COc1ccc(Cn2cc3cncc(Br)c3n2)cc1. The first-order valence-electron chi connectivity index (χ1n) is 5.86. The second-order valence-corrected chi connectivity index (χ2v) is 5.09. The number of halogens is 1. The molecule has 0 fully saturated rings. The van der Waals surface area contributed by atoms with Gasteiger partial charge in [0, 0.05) is 24.0 Å². The highest BCUT2D eigenvalue weighted by Crippen LogP contribution is 2.21. The number of ether oxygens (including phenoxy) is 1. The summed E-state index contributed by atoms with van der Waals surface area (Å²) in [5, 5.41) is 5.58. The van der Waals surface area contributed by atoms with Crippen LogP contribution in [0.5, 0.6) is 5.75 Å². The van der Waals surface area contributed by atoms with Crippen molar-refractivity contribution in [3.05, 3.63) is 52.9 Å². The molecular weight excluding hydrogens is 306 g/mol. The predicted molar refractivity (Wildman–Crippen MR) is 77.3 cm³/mol. The molecule has 3 rings (SSSR count). The molecule has 0 aliphatic heterocycles. The number of methoxy groups -OCH3 is 1. The van der Waals surface area contributed by atoms with Crippen LogP contribution in [0.4, 0.5) is 0 Å². The van der Waals surface area contributed by atoms with Gasteiger partial charge in [0.1, 0.15) is 11.3 Å². The molecule has 19 heavy (non-hydrogen) atoms. The molecule has 2 aromatic heterocycles. The van der Waals surface area contributed by atoms with Crippen LogP contribution in [0.15, 0.2) is 47.3 Å². The average Bonchev–Trinajstić information content (AvgIpc) is 2.84. The number of hydrogen-bond donors (Lipinski definition) is 0. The van der Waals surface area contributed by atoms with Crippen LogP contribution in [0.3, 0.4) is 0 Å². The van der Waals surface area contributed by atoms with Crippen LogP contribution < -0.4 is 4.74 Å². The summed E-state index contributed by atoms with van der Waals surface area (Å²) < 4.78 is 7.98. The average molecular weight is 318 g/mol. The van der Waals surface area contributed by atoms with Crippen LogP contribution in [-0.4, -0.2) is 21.9 Å². The number of rotatable bonds is 3. The molecule has 0 bridgehead atoms. The third kappa shape index (κ3) is 2.46. The normalized spacial score (nSPS) is 10.8. The Morgan fingerprint density at radius 3 is 2.68 bits per heavy atom. The van der Waals surface area contributed by atoms with E-state index < -0.39 is 0 Å². The summed E-state index contributed by atoms with van der Waals surface area (Å²) in [5.74, 6) is 0.862. The van der Waals surface area contributed by atoms with Crippen molar-refractivity contribution in [1.82, 2.24) is 14.8 Å². The zero-order valence-electron chi connectivity index (χ0n) is 10.4. The smallest absolute Gasteiger partial charge is 0.118 e. The van der Waals surface area contributed by atoms with Gasteiger partial charge in [-0.25, -0.2) is 0 Å². The highest BCUT2D eigenvalue weighted by atomic mass is 79.9. The van der Waals surface area contributed by atoms with Crippen LogP contribution >= 0.6 is 15.9 Å². The second-order valence-electron chi connectivity index (χ2n) is 4.23. The Labute approximate surface area is 119 Å². The summed E-state index contributed by atoms with van der Waals surface area (Å²) in [7, 11) is 1.67. The van der Waals surface area contributed by atoms with Crippen molar-refractivity contribution in [2.24, 2.45) is 0 Å². The number of aromatic nitrogens is 3. The minimum Gasteiger partial charge on any atom is -0.497 e. The van der Waals surface area contributed by atoms with Crippen molar-refractivity contribution in [2.45, 2.75) is 6.54 Å². The largest absolute Gasteiger partial charge is 0.497 e. The monoisotopic (exact) mass is 317 g/mol. The number of pyridine rings is 1. The Bertz CT molecular complexity index is 706. The maximum Gasteiger partial charge on any atom is 0.118 e. The molecule has 0 amide bonds. The lowest BCUT2D eigenvalue weighted by molar-refractivity contribution is 0.414. The Balaban J connectivity index is 1.90. The van der Waals surface area contributed by atoms with E-state index in [4.69, 9.17) is 4.74 Å². The van der Waals surface area contributed by atoms with Crippen LogP contribution in [0.2, 0.25) is 0 Å². The molecule has 0 aliphatic carbocycles. The molecule has 0 spiro atoms. The maximum absolute atomic E-state index is 5.15. The van der Waals surface area contributed by atoms with Crippen LogP contribution in [0, 0.1) is 0 Å². The van der Waals surface area contributed by atoms with Crippen LogP contribution in [0.1, 0.15) is 5.56 Å². The van der Waals surface area contributed by atoms with Crippen molar-refractivity contribution in [3.63, 3.8) is 0 Å². The van der Waals surface area contributed by atoms with Gasteiger partial charge in [-0.1, -0.05) is 12.1 Å². The van der Waals surface area contributed by atoms with Crippen LogP contribution in [-0.2, 0) is 6.54 Å². The number of nitrogens with zero attached hydrogens (tertiary/aromatic N) is 3. The molecule has 0 saturated carbocycles. The minimum atomic E-state index is 0.727. The number of hydrogen-bond acceptors (Lipinski definition) is 3. The Morgan fingerprint density at radius 1 is 1.21 bits per heavy atom. The van der Waals surface area contributed by atoms with Gasteiger partial charge in [-0.15, -0.1) is 0 Å². The van der Waals surface area contributed by atoms with Gasteiger partial charge >= 0.3 is 0 Å². The van der Waals surface area contributed by atoms with Gasteiger partial charge in [0.15, 0.2) is 0 Å². The zero-order chi connectivity index (χ0) is 13.2. The molecule has 0 unspecified atom stereocenters. The molecule has 1 aromatic carbocycles. The second kappa shape index (κ2) is 5.01. The van der Waals surface area contributed by atoms with Gasteiger partial charge < -0.3 is 4.74 Å². The summed E-state index contributed by atoms with van der Waals surface area (Å²) >= 11 is 3.46. The van der Waals surface area contributed by atoms with Gasteiger partial charge in [-0.2, -0.15) is 5.10 Å². The highest BCUT2D eigenvalue weighted by Gasteiger charge is 2.05. The lowest BCUT2D eigenvalue weighted by Gasteiger charge is -2.03. The Hall–Kier alpha value is -1.88. The fourth-order valence-electron chi connectivity index (χ4n) is 1.96. The number of benzene rings is 1. The summed E-state index contributed by atoms with van der Waals surface area (Å²) in [6.45, 7) is 0.727. The maximum atomic E-state index is 5.15. The molecule has 0 saturated heterocycles. The van der Waals surface area contributed by atoms with E-state index >= 15 is 0 Å². The van der Waals surface area contributed by atoms with E-state index in [2.05, 4.69) is 26.0 Å². The fraction of sp³-hybridized carbons (Fsp3) is 0.143. The first-order valence-corrected chi connectivity index (χ1v) is 6.65. The molecular formula is C14H12BrN3O. The molecule has 5 heteroatoms. The lowest BCUT2D eigenvalue weighted by Crippen LogP contribution is -1.99.